The van der Waals surface area contributed by atoms with Crippen molar-refractivity contribution in [1.29, 1.82) is 0 Å². The standard InChI is InChI=1S/C24H30N2O3/c1-16(2)13-25-23(27)21-15-26(24(28)18-10-6-5-9-17(18)3)14-20(21)19-11-7-8-12-22(19)29-4/h5-12,16,20-21H,13-15H2,1-4H3,(H,25,27)/t20-,21-/m1/s1. The van der Waals surface area contributed by atoms with E-state index in [1.807, 2.05) is 55.5 Å². The summed E-state index contributed by atoms with van der Waals surface area (Å²) < 4.78 is 5.55. The highest BCUT2D eigenvalue weighted by Gasteiger charge is 2.41. The summed E-state index contributed by atoms with van der Waals surface area (Å²) >= 11 is 0. The largest absolute Gasteiger partial charge is 0.496 e. The molecule has 0 unspecified atom stereocenters. The van der Waals surface area contributed by atoms with Crippen LogP contribution < -0.4 is 10.1 Å². The third kappa shape index (κ3) is 4.61. The van der Waals surface area contributed by atoms with Gasteiger partial charge in [-0.1, -0.05) is 50.2 Å². The zero-order chi connectivity index (χ0) is 21.0. The molecule has 0 saturated carbocycles. The normalized spacial score (nSPS) is 18.7. The molecule has 0 bridgehead atoms. The predicted molar refractivity (Wildman–Crippen MR) is 114 cm³/mol. The molecule has 1 aliphatic rings. The summed E-state index contributed by atoms with van der Waals surface area (Å²) in [5, 5.41) is 3.05. The SMILES string of the molecule is COc1ccccc1[C@H]1CN(C(=O)c2ccccc2C)C[C@H]1C(=O)NCC(C)C. The lowest BCUT2D eigenvalue weighted by Gasteiger charge is -2.20. The number of para-hydroxylation sites is 1. The maximum atomic E-state index is 13.2. The van der Waals surface area contributed by atoms with Crippen LogP contribution in [0, 0.1) is 18.8 Å². The Morgan fingerprint density at radius 3 is 2.48 bits per heavy atom. The molecule has 0 aromatic heterocycles. The van der Waals surface area contributed by atoms with Crippen LogP contribution in [0.15, 0.2) is 48.5 Å². The van der Waals surface area contributed by atoms with Crippen molar-refractivity contribution in [2.24, 2.45) is 11.8 Å². The maximum Gasteiger partial charge on any atom is 0.254 e. The van der Waals surface area contributed by atoms with Crippen molar-refractivity contribution >= 4 is 11.8 Å². The third-order valence-electron chi connectivity index (χ3n) is 5.54. The van der Waals surface area contributed by atoms with E-state index in [1.54, 1.807) is 12.0 Å². The fraction of sp³-hybridized carbons (Fsp3) is 0.417. The number of nitrogens with zero attached hydrogens (tertiary/aromatic N) is 1. The molecule has 2 atom stereocenters. The number of hydrogen-bond acceptors (Lipinski definition) is 3. The molecule has 5 nitrogen and oxygen atoms in total. The number of rotatable bonds is 6. The molecular weight excluding hydrogens is 364 g/mol. The Morgan fingerprint density at radius 2 is 1.79 bits per heavy atom. The van der Waals surface area contributed by atoms with Gasteiger partial charge in [0.2, 0.25) is 5.91 Å². The van der Waals surface area contributed by atoms with Crippen molar-refractivity contribution in [3.8, 4) is 5.75 Å². The van der Waals surface area contributed by atoms with E-state index in [1.165, 1.54) is 0 Å². The number of amides is 2. The average Bonchev–Trinajstić information content (AvgIpc) is 3.17. The lowest BCUT2D eigenvalue weighted by molar-refractivity contribution is -0.125. The highest BCUT2D eigenvalue weighted by atomic mass is 16.5. The average molecular weight is 395 g/mol. The summed E-state index contributed by atoms with van der Waals surface area (Å²) in [4.78, 5) is 28.0. The second kappa shape index (κ2) is 9.12. The number of benzene rings is 2. The maximum absolute atomic E-state index is 13.2. The summed E-state index contributed by atoms with van der Waals surface area (Å²) in [6.07, 6.45) is 0. The van der Waals surface area contributed by atoms with E-state index in [4.69, 9.17) is 4.74 Å². The van der Waals surface area contributed by atoms with Crippen LogP contribution >= 0.6 is 0 Å². The summed E-state index contributed by atoms with van der Waals surface area (Å²) in [6, 6.07) is 15.4. The Balaban J connectivity index is 1.90. The van der Waals surface area contributed by atoms with Gasteiger partial charge >= 0.3 is 0 Å². The molecule has 2 aromatic carbocycles. The molecule has 1 aliphatic heterocycles. The van der Waals surface area contributed by atoms with E-state index in [2.05, 4.69) is 19.2 Å². The molecule has 1 N–H and O–H groups in total. The lowest BCUT2D eigenvalue weighted by Crippen LogP contribution is -2.37. The van der Waals surface area contributed by atoms with E-state index < -0.39 is 0 Å². The van der Waals surface area contributed by atoms with Crippen molar-refractivity contribution in [3.05, 3.63) is 65.2 Å². The van der Waals surface area contributed by atoms with Crippen molar-refractivity contribution in [2.45, 2.75) is 26.7 Å². The fourth-order valence-electron chi connectivity index (χ4n) is 3.94. The van der Waals surface area contributed by atoms with Gasteiger partial charge in [0.25, 0.3) is 5.91 Å². The van der Waals surface area contributed by atoms with Crippen molar-refractivity contribution in [1.82, 2.24) is 10.2 Å². The van der Waals surface area contributed by atoms with Gasteiger partial charge in [-0.3, -0.25) is 9.59 Å². The summed E-state index contributed by atoms with van der Waals surface area (Å²) in [5.74, 6) is 0.681. The Labute approximate surface area is 173 Å². The van der Waals surface area contributed by atoms with E-state index in [0.717, 1.165) is 16.9 Å². The number of methoxy groups -OCH3 is 1. The van der Waals surface area contributed by atoms with Gasteiger partial charge in [-0.25, -0.2) is 0 Å². The number of hydrogen-bond donors (Lipinski definition) is 1. The first kappa shape index (κ1) is 20.9. The van der Waals surface area contributed by atoms with Gasteiger partial charge in [0.1, 0.15) is 5.75 Å². The second-order valence-electron chi connectivity index (χ2n) is 8.12. The number of carbonyl (C=O) groups excluding carboxylic acids is 2. The molecule has 0 radical (unpaired) electrons. The molecular formula is C24H30N2O3. The Bertz CT molecular complexity index is 878. The third-order valence-corrected chi connectivity index (χ3v) is 5.54. The highest BCUT2D eigenvalue weighted by Crippen LogP contribution is 2.38. The smallest absolute Gasteiger partial charge is 0.254 e. The molecule has 2 aromatic rings. The Kier molecular flexibility index (Phi) is 6.57. The van der Waals surface area contributed by atoms with Crippen molar-refractivity contribution in [2.75, 3.05) is 26.7 Å². The van der Waals surface area contributed by atoms with Crippen molar-refractivity contribution < 1.29 is 14.3 Å². The quantitative estimate of drug-likeness (QED) is 0.814. The molecule has 3 rings (SSSR count). The first-order chi connectivity index (χ1) is 13.9. The molecule has 0 aliphatic carbocycles. The first-order valence-electron chi connectivity index (χ1n) is 10.2. The lowest BCUT2D eigenvalue weighted by atomic mass is 9.87. The van der Waals surface area contributed by atoms with Gasteiger partial charge in [0, 0.05) is 31.1 Å². The van der Waals surface area contributed by atoms with Gasteiger partial charge < -0.3 is 15.0 Å². The van der Waals surface area contributed by atoms with Crippen LogP contribution in [-0.4, -0.2) is 43.5 Å². The van der Waals surface area contributed by atoms with Crippen LogP contribution in [0.5, 0.6) is 5.75 Å². The molecule has 29 heavy (non-hydrogen) atoms. The zero-order valence-corrected chi connectivity index (χ0v) is 17.6. The molecule has 2 amide bonds. The Morgan fingerprint density at radius 1 is 1.10 bits per heavy atom. The zero-order valence-electron chi connectivity index (χ0n) is 17.6. The highest BCUT2D eigenvalue weighted by molar-refractivity contribution is 5.96. The minimum absolute atomic E-state index is 0.00492. The minimum Gasteiger partial charge on any atom is -0.496 e. The monoisotopic (exact) mass is 394 g/mol. The molecule has 5 heteroatoms. The van der Waals surface area contributed by atoms with Gasteiger partial charge in [-0.15, -0.1) is 0 Å². The predicted octanol–water partition coefficient (Wildman–Crippen LogP) is 3.63. The minimum atomic E-state index is -0.307. The molecule has 154 valence electrons. The fourth-order valence-corrected chi connectivity index (χ4v) is 3.94. The number of nitrogens with one attached hydrogen (secondary N) is 1. The van der Waals surface area contributed by atoms with Crippen LogP contribution in [0.3, 0.4) is 0 Å². The van der Waals surface area contributed by atoms with Crippen LogP contribution in [0.2, 0.25) is 0 Å². The Hall–Kier alpha value is -2.82. The van der Waals surface area contributed by atoms with Crippen LogP contribution in [0.1, 0.15) is 41.3 Å². The first-order valence-corrected chi connectivity index (χ1v) is 10.2. The van der Waals surface area contributed by atoms with E-state index in [-0.39, 0.29) is 23.7 Å². The molecule has 0 spiro atoms. The van der Waals surface area contributed by atoms with Crippen molar-refractivity contribution in [3.63, 3.8) is 0 Å². The van der Waals surface area contributed by atoms with Crippen LogP contribution in [0.4, 0.5) is 0 Å². The number of carbonyl (C=O) groups is 2. The molecule has 1 fully saturated rings. The summed E-state index contributed by atoms with van der Waals surface area (Å²) in [5.41, 5.74) is 2.60. The number of ether oxygens (including phenoxy) is 1. The summed E-state index contributed by atoms with van der Waals surface area (Å²) in [6.45, 7) is 7.60. The van der Waals surface area contributed by atoms with Gasteiger partial charge in [-0.05, 0) is 36.1 Å². The number of aryl methyl sites for hydroxylation is 1. The topological polar surface area (TPSA) is 58.6 Å². The number of likely N-dealkylation sites (tertiary alicyclic amines) is 1. The van der Waals surface area contributed by atoms with E-state index in [9.17, 15) is 9.59 Å². The van der Waals surface area contributed by atoms with E-state index in [0.29, 0.717) is 31.1 Å². The molecule has 1 saturated heterocycles. The van der Waals surface area contributed by atoms with Crippen LogP contribution in [0.25, 0.3) is 0 Å². The van der Waals surface area contributed by atoms with Gasteiger partial charge in [0.15, 0.2) is 0 Å². The second-order valence-corrected chi connectivity index (χ2v) is 8.12. The van der Waals surface area contributed by atoms with Crippen LogP contribution in [-0.2, 0) is 4.79 Å². The van der Waals surface area contributed by atoms with Gasteiger partial charge in [0.05, 0.1) is 13.0 Å². The van der Waals surface area contributed by atoms with Gasteiger partial charge in [-0.2, -0.15) is 0 Å². The molecule has 1 heterocycles. The summed E-state index contributed by atoms with van der Waals surface area (Å²) in [7, 11) is 1.64. The van der Waals surface area contributed by atoms with E-state index >= 15 is 0 Å².